The molecule has 2 aromatic carbocycles. The first kappa shape index (κ1) is 15.2. The van der Waals surface area contributed by atoms with Gasteiger partial charge in [-0.05, 0) is 79.0 Å². The number of aryl methyl sites for hydroxylation is 1. The van der Waals surface area contributed by atoms with Crippen molar-refractivity contribution >= 4 is 17.4 Å². The predicted molar refractivity (Wildman–Crippen MR) is 97.5 cm³/mol. The summed E-state index contributed by atoms with van der Waals surface area (Å²) in [5, 5.41) is 5.81. The molecule has 0 aromatic heterocycles. The Kier molecular flexibility index (Phi) is 3.98. The minimum Gasteiger partial charge on any atom is -0.327 e. The Labute approximate surface area is 142 Å². The third-order valence-electron chi connectivity index (χ3n) is 4.95. The Morgan fingerprint density at radius 3 is 2.38 bits per heavy atom. The molecule has 1 fully saturated rings. The number of hydrogen-bond acceptors (Lipinski definition) is 2. The molecule has 24 heavy (non-hydrogen) atoms. The molecule has 0 spiro atoms. The van der Waals surface area contributed by atoms with Gasteiger partial charge in [0.05, 0.1) is 0 Å². The van der Waals surface area contributed by atoms with Gasteiger partial charge in [0.25, 0.3) is 0 Å². The minimum atomic E-state index is -0.207. The fourth-order valence-electron chi connectivity index (χ4n) is 3.41. The van der Waals surface area contributed by atoms with Gasteiger partial charge in [0.15, 0.2) is 0 Å². The summed E-state index contributed by atoms with van der Waals surface area (Å²) < 4.78 is 0. The molecule has 0 radical (unpaired) electrons. The van der Waals surface area contributed by atoms with Crippen molar-refractivity contribution in [3.05, 3.63) is 59.2 Å². The highest BCUT2D eigenvalue weighted by Gasteiger charge is 2.23. The molecular formula is C20H23N3O. The minimum absolute atomic E-state index is 0.207. The number of nitrogens with two attached hydrogens (primary N) is 1. The van der Waals surface area contributed by atoms with Crippen LogP contribution in [-0.2, 0) is 12.8 Å². The monoisotopic (exact) mass is 321 g/mol. The number of amides is 2. The molecular weight excluding hydrogens is 298 g/mol. The van der Waals surface area contributed by atoms with Gasteiger partial charge in [-0.3, -0.25) is 0 Å². The second-order valence-corrected chi connectivity index (χ2v) is 6.96. The van der Waals surface area contributed by atoms with Gasteiger partial charge in [-0.25, -0.2) is 4.79 Å². The van der Waals surface area contributed by atoms with Crippen LogP contribution in [-0.4, -0.2) is 12.1 Å². The third-order valence-corrected chi connectivity index (χ3v) is 4.95. The van der Waals surface area contributed by atoms with E-state index in [4.69, 9.17) is 5.73 Å². The molecule has 4 nitrogen and oxygen atoms in total. The van der Waals surface area contributed by atoms with E-state index in [2.05, 4.69) is 34.9 Å². The summed E-state index contributed by atoms with van der Waals surface area (Å²) in [7, 11) is 0. The first-order valence-electron chi connectivity index (χ1n) is 8.73. The van der Waals surface area contributed by atoms with Crippen LogP contribution in [0.15, 0.2) is 42.5 Å². The van der Waals surface area contributed by atoms with E-state index in [9.17, 15) is 4.79 Å². The molecule has 2 aromatic rings. The summed E-state index contributed by atoms with van der Waals surface area (Å²) in [5.74, 6) is 0.733. The summed E-state index contributed by atoms with van der Waals surface area (Å²) in [5.41, 5.74) is 11.6. The standard InChI is InChI=1S/C20H23N3O/c21-17-7-3-16-12-19(10-6-15(16)11-17)23-20(24)22-18-8-4-14(5-9-18)13-1-2-13/h4-6,8-10,12-13,17H,1-3,7,11,21H2,(H2,22,23,24). The molecule has 0 heterocycles. The number of anilines is 2. The zero-order valence-corrected chi connectivity index (χ0v) is 13.7. The normalized spacial score (nSPS) is 19.5. The number of carbonyl (C=O) groups is 1. The molecule has 0 aliphatic heterocycles. The number of benzene rings is 2. The lowest BCUT2D eigenvalue weighted by atomic mass is 9.88. The van der Waals surface area contributed by atoms with Crippen molar-refractivity contribution in [2.75, 3.05) is 10.6 Å². The van der Waals surface area contributed by atoms with Gasteiger partial charge in [-0.2, -0.15) is 0 Å². The second kappa shape index (κ2) is 6.29. The number of urea groups is 1. The van der Waals surface area contributed by atoms with Crippen LogP contribution in [0.1, 0.15) is 41.9 Å². The van der Waals surface area contributed by atoms with Gasteiger partial charge in [0.1, 0.15) is 0 Å². The highest BCUT2D eigenvalue weighted by Crippen LogP contribution is 2.40. The van der Waals surface area contributed by atoms with Gasteiger partial charge in [0, 0.05) is 17.4 Å². The van der Waals surface area contributed by atoms with E-state index in [1.165, 1.54) is 29.5 Å². The third kappa shape index (κ3) is 3.44. The SMILES string of the molecule is NC1CCc2cc(NC(=O)Nc3ccc(C4CC4)cc3)ccc2C1. The van der Waals surface area contributed by atoms with Gasteiger partial charge < -0.3 is 16.4 Å². The molecule has 0 saturated heterocycles. The van der Waals surface area contributed by atoms with Crippen LogP contribution in [0.25, 0.3) is 0 Å². The zero-order valence-electron chi connectivity index (χ0n) is 13.7. The predicted octanol–water partition coefficient (Wildman–Crippen LogP) is 4.02. The number of carbonyl (C=O) groups excluding carboxylic acids is 1. The van der Waals surface area contributed by atoms with E-state index in [0.29, 0.717) is 0 Å². The molecule has 4 heteroatoms. The Hall–Kier alpha value is -2.33. The lowest BCUT2D eigenvalue weighted by Gasteiger charge is -2.22. The Bertz CT molecular complexity index is 750. The Morgan fingerprint density at radius 1 is 0.917 bits per heavy atom. The van der Waals surface area contributed by atoms with Crippen molar-refractivity contribution in [2.45, 2.75) is 44.1 Å². The maximum Gasteiger partial charge on any atom is 0.323 e. The fourth-order valence-corrected chi connectivity index (χ4v) is 3.41. The van der Waals surface area contributed by atoms with Crippen molar-refractivity contribution in [3.8, 4) is 0 Å². The average Bonchev–Trinajstić information content (AvgIpc) is 3.40. The number of nitrogens with one attached hydrogen (secondary N) is 2. The second-order valence-electron chi connectivity index (χ2n) is 6.96. The zero-order chi connectivity index (χ0) is 16.5. The number of fused-ring (bicyclic) bond motifs is 1. The van der Waals surface area contributed by atoms with Crippen LogP contribution in [0.2, 0.25) is 0 Å². The Morgan fingerprint density at radius 2 is 1.62 bits per heavy atom. The molecule has 4 rings (SSSR count). The van der Waals surface area contributed by atoms with Crippen molar-refractivity contribution < 1.29 is 4.79 Å². The molecule has 2 aliphatic carbocycles. The average molecular weight is 321 g/mol. The largest absolute Gasteiger partial charge is 0.327 e. The summed E-state index contributed by atoms with van der Waals surface area (Å²) in [6.07, 6.45) is 5.49. The molecule has 0 bridgehead atoms. The maximum atomic E-state index is 12.2. The molecule has 2 aliphatic rings. The van der Waals surface area contributed by atoms with Crippen LogP contribution in [0, 0.1) is 0 Å². The quantitative estimate of drug-likeness (QED) is 0.799. The van der Waals surface area contributed by atoms with Gasteiger partial charge in [-0.15, -0.1) is 0 Å². The highest BCUT2D eigenvalue weighted by molar-refractivity contribution is 5.99. The maximum absolute atomic E-state index is 12.2. The van der Waals surface area contributed by atoms with E-state index in [1.807, 2.05) is 18.2 Å². The van der Waals surface area contributed by atoms with E-state index in [-0.39, 0.29) is 12.1 Å². The molecule has 2 amide bonds. The van der Waals surface area contributed by atoms with Crippen molar-refractivity contribution in [1.29, 1.82) is 0 Å². The number of hydrogen-bond donors (Lipinski definition) is 3. The summed E-state index contributed by atoms with van der Waals surface area (Å²) in [6, 6.07) is 14.3. The van der Waals surface area contributed by atoms with Crippen LogP contribution in [0.5, 0.6) is 0 Å². The summed E-state index contributed by atoms with van der Waals surface area (Å²) in [6.45, 7) is 0. The van der Waals surface area contributed by atoms with Gasteiger partial charge >= 0.3 is 6.03 Å². The van der Waals surface area contributed by atoms with Crippen LogP contribution in [0.4, 0.5) is 16.2 Å². The smallest absolute Gasteiger partial charge is 0.323 e. The fraction of sp³-hybridized carbons (Fsp3) is 0.350. The lowest BCUT2D eigenvalue weighted by molar-refractivity contribution is 0.262. The summed E-state index contributed by atoms with van der Waals surface area (Å²) >= 11 is 0. The van der Waals surface area contributed by atoms with Crippen LogP contribution in [0.3, 0.4) is 0 Å². The highest BCUT2D eigenvalue weighted by atomic mass is 16.2. The molecule has 4 N–H and O–H groups in total. The first-order chi connectivity index (χ1) is 11.7. The lowest BCUT2D eigenvalue weighted by Crippen LogP contribution is -2.28. The van der Waals surface area contributed by atoms with Crippen LogP contribution >= 0.6 is 0 Å². The van der Waals surface area contributed by atoms with Crippen molar-refractivity contribution in [1.82, 2.24) is 0 Å². The van der Waals surface area contributed by atoms with E-state index >= 15 is 0 Å². The number of rotatable bonds is 3. The van der Waals surface area contributed by atoms with Gasteiger partial charge in [0.2, 0.25) is 0 Å². The van der Waals surface area contributed by atoms with Crippen molar-refractivity contribution in [3.63, 3.8) is 0 Å². The summed E-state index contributed by atoms with van der Waals surface area (Å²) in [4.78, 5) is 12.2. The first-order valence-corrected chi connectivity index (χ1v) is 8.73. The molecule has 1 atom stereocenters. The molecule has 1 saturated carbocycles. The van der Waals surface area contributed by atoms with E-state index in [0.717, 1.165) is 36.6 Å². The van der Waals surface area contributed by atoms with Crippen molar-refractivity contribution in [2.24, 2.45) is 5.73 Å². The van der Waals surface area contributed by atoms with E-state index < -0.39 is 0 Å². The van der Waals surface area contributed by atoms with Crippen LogP contribution < -0.4 is 16.4 Å². The van der Waals surface area contributed by atoms with E-state index in [1.54, 1.807) is 0 Å². The van der Waals surface area contributed by atoms with Gasteiger partial charge in [-0.1, -0.05) is 18.2 Å². The topological polar surface area (TPSA) is 67.1 Å². The molecule has 124 valence electrons. The molecule has 1 unspecified atom stereocenters. The Balaban J connectivity index is 1.38.